The zero-order chi connectivity index (χ0) is 24.8. The lowest BCUT2D eigenvalue weighted by Gasteiger charge is -2.12. The lowest BCUT2D eigenvalue weighted by molar-refractivity contribution is 0.0947. The summed E-state index contributed by atoms with van der Waals surface area (Å²) in [5.41, 5.74) is 0.581. The van der Waals surface area contributed by atoms with Crippen LogP contribution in [-0.4, -0.2) is 25.7 Å². The van der Waals surface area contributed by atoms with Gasteiger partial charge in [-0.2, -0.15) is 0 Å². The third-order valence-electron chi connectivity index (χ3n) is 6.30. The number of carbonyl (C=O) groups excluding carboxylic acids is 1. The van der Waals surface area contributed by atoms with Crippen molar-refractivity contribution in [3.63, 3.8) is 0 Å². The Morgan fingerprint density at radius 1 is 0.629 bits per heavy atom. The number of amides is 1. The summed E-state index contributed by atoms with van der Waals surface area (Å²) in [5, 5.41) is 3.05. The van der Waals surface area contributed by atoms with E-state index in [1.807, 2.05) is 54.6 Å². The van der Waals surface area contributed by atoms with Crippen LogP contribution in [0.15, 0.2) is 54.6 Å². The first-order valence-corrected chi connectivity index (χ1v) is 14.0. The molecule has 0 aliphatic rings. The number of carbonyl (C=O) groups is 1. The highest BCUT2D eigenvalue weighted by Gasteiger charge is 2.11. The molecule has 0 spiro atoms. The quantitative estimate of drug-likeness (QED) is 0.182. The van der Waals surface area contributed by atoms with Gasteiger partial charge in [-0.05, 0) is 30.7 Å². The molecule has 0 heterocycles. The van der Waals surface area contributed by atoms with E-state index in [0.717, 1.165) is 12.2 Å². The molecule has 0 saturated heterocycles. The van der Waals surface area contributed by atoms with Crippen LogP contribution in [0.25, 0.3) is 0 Å². The highest BCUT2D eigenvalue weighted by molar-refractivity contribution is 5.96. The largest absolute Gasteiger partial charge is 0.490 e. The van der Waals surface area contributed by atoms with Gasteiger partial charge in [0.1, 0.15) is 24.7 Å². The number of benzene rings is 2. The topological polar surface area (TPSA) is 47.6 Å². The molecule has 194 valence electrons. The summed E-state index contributed by atoms with van der Waals surface area (Å²) < 4.78 is 11.5. The average molecular weight is 482 g/mol. The van der Waals surface area contributed by atoms with Crippen molar-refractivity contribution in [2.24, 2.45) is 0 Å². The fourth-order valence-electron chi connectivity index (χ4n) is 4.22. The summed E-state index contributed by atoms with van der Waals surface area (Å²) >= 11 is 0. The standard InChI is InChI=1S/C31H47NO3/c1-2-3-4-5-6-7-8-9-10-11-12-13-14-20-25-32-31(33)29-23-18-19-24-30(29)35-27-26-34-28-21-16-15-17-22-28/h15-19,21-24H,2-14,20,25-27H2,1H3,(H,32,33). The highest BCUT2D eigenvalue weighted by Crippen LogP contribution is 2.18. The minimum Gasteiger partial charge on any atom is -0.490 e. The molecule has 0 aliphatic carbocycles. The number of hydrogen-bond acceptors (Lipinski definition) is 3. The molecular formula is C31H47NO3. The minimum atomic E-state index is -0.0701. The predicted molar refractivity (Wildman–Crippen MR) is 147 cm³/mol. The Balaban J connectivity index is 1.47. The summed E-state index contributed by atoms with van der Waals surface area (Å²) in [6.07, 6.45) is 18.7. The van der Waals surface area contributed by atoms with Gasteiger partial charge < -0.3 is 14.8 Å². The van der Waals surface area contributed by atoms with Crippen molar-refractivity contribution in [2.75, 3.05) is 19.8 Å². The molecule has 1 N–H and O–H groups in total. The van der Waals surface area contributed by atoms with Gasteiger partial charge in [0.05, 0.1) is 5.56 Å². The van der Waals surface area contributed by atoms with E-state index >= 15 is 0 Å². The first kappa shape index (κ1) is 28.7. The predicted octanol–water partition coefficient (Wildman–Crippen LogP) is 8.36. The number of unbranched alkanes of at least 4 members (excludes halogenated alkanes) is 13. The second kappa shape index (κ2) is 19.8. The lowest BCUT2D eigenvalue weighted by Crippen LogP contribution is -2.25. The minimum absolute atomic E-state index is 0.0701. The van der Waals surface area contributed by atoms with Gasteiger partial charge in [-0.1, -0.05) is 121 Å². The Hall–Kier alpha value is -2.49. The molecule has 0 bridgehead atoms. The summed E-state index contributed by atoms with van der Waals surface area (Å²) in [4.78, 5) is 12.6. The summed E-state index contributed by atoms with van der Waals surface area (Å²) in [5.74, 6) is 1.34. The van der Waals surface area contributed by atoms with E-state index in [1.165, 1.54) is 83.5 Å². The maximum absolute atomic E-state index is 12.6. The number of hydrogen-bond donors (Lipinski definition) is 1. The second-order valence-electron chi connectivity index (χ2n) is 9.36. The monoisotopic (exact) mass is 481 g/mol. The molecule has 0 radical (unpaired) electrons. The third-order valence-corrected chi connectivity index (χ3v) is 6.30. The van der Waals surface area contributed by atoms with Crippen LogP contribution in [0.2, 0.25) is 0 Å². The normalized spacial score (nSPS) is 10.8. The van der Waals surface area contributed by atoms with Crippen LogP contribution in [0, 0.1) is 0 Å². The molecule has 2 aromatic carbocycles. The van der Waals surface area contributed by atoms with E-state index in [4.69, 9.17) is 9.47 Å². The van der Waals surface area contributed by atoms with E-state index in [0.29, 0.717) is 31.1 Å². The Morgan fingerprint density at radius 2 is 1.14 bits per heavy atom. The molecule has 35 heavy (non-hydrogen) atoms. The van der Waals surface area contributed by atoms with Crippen LogP contribution in [-0.2, 0) is 0 Å². The molecule has 2 aromatic rings. The van der Waals surface area contributed by atoms with E-state index < -0.39 is 0 Å². The number of ether oxygens (including phenoxy) is 2. The molecule has 4 nitrogen and oxygen atoms in total. The maximum atomic E-state index is 12.6. The fraction of sp³-hybridized carbons (Fsp3) is 0.581. The van der Waals surface area contributed by atoms with Gasteiger partial charge in [0.25, 0.3) is 5.91 Å². The van der Waals surface area contributed by atoms with Gasteiger partial charge >= 0.3 is 0 Å². The third kappa shape index (κ3) is 13.9. The SMILES string of the molecule is CCCCCCCCCCCCCCCCNC(=O)c1ccccc1OCCOc1ccccc1. The molecule has 1 amide bonds. The van der Waals surface area contributed by atoms with Gasteiger partial charge in [-0.15, -0.1) is 0 Å². The second-order valence-corrected chi connectivity index (χ2v) is 9.36. The van der Waals surface area contributed by atoms with Crippen molar-refractivity contribution >= 4 is 5.91 Å². The van der Waals surface area contributed by atoms with Crippen LogP contribution >= 0.6 is 0 Å². The van der Waals surface area contributed by atoms with Crippen molar-refractivity contribution in [1.82, 2.24) is 5.32 Å². The van der Waals surface area contributed by atoms with Crippen molar-refractivity contribution in [2.45, 2.75) is 96.8 Å². The number of nitrogens with one attached hydrogen (secondary N) is 1. The number of rotatable bonds is 21. The molecule has 0 aromatic heterocycles. The van der Waals surface area contributed by atoms with E-state index in [-0.39, 0.29) is 5.91 Å². The molecule has 0 saturated carbocycles. The Kier molecular flexibility index (Phi) is 16.2. The first-order valence-electron chi connectivity index (χ1n) is 14.0. The van der Waals surface area contributed by atoms with Crippen molar-refractivity contribution in [3.8, 4) is 11.5 Å². The molecule has 2 rings (SSSR count). The zero-order valence-corrected chi connectivity index (χ0v) is 21.9. The van der Waals surface area contributed by atoms with Crippen LogP contribution in [0.5, 0.6) is 11.5 Å². The van der Waals surface area contributed by atoms with Gasteiger partial charge in [-0.3, -0.25) is 4.79 Å². The average Bonchev–Trinajstić information content (AvgIpc) is 2.89. The summed E-state index contributed by atoms with van der Waals surface area (Å²) in [6, 6.07) is 17.1. The molecule has 0 unspecified atom stereocenters. The van der Waals surface area contributed by atoms with Crippen molar-refractivity contribution in [3.05, 3.63) is 60.2 Å². The first-order chi connectivity index (χ1) is 17.3. The fourth-order valence-corrected chi connectivity index (χ4v) is 4.22. The van der Waals surface area contributed by atoms with E-state index in [9.17, 15) is 4.79 Å². The van der Waals surface area contributed by atoms with Crippen LogP contribution < -0.4 is 14.8 Å². The zero-order valence-electron chi connectivity index (χ0n) is 21.9. The Labute approximate surface area is 213 Å². The van der Waals surface area contributed by atoms with E-state index in [1.54, 1.807) is 0 Å². The van der Waals surface area contributed by atoms with Gasteiger partial charge in [0, 0.05) is 6.54 Å². The van der Waals surface area contributed by atoms with Crippen LogP contribution in [0.4, 0.5) is 0 Å². The van der Waals surface area contributed by atoms with Crippen molar-refractivity contribution < 1.29 is 14.3 Å². The molecular weight excluding hydrogens is 434 g/mol. The van der Waals surface area contributed by atoms with Gasteiger partial charge in [0.2, 0.25) is 0 Å². The summed E-state index contributed by atoms with van der Waals surface area (Å²) in [7, 11) is 0. The molecule has 0 fully saturated rings. The number of para-hydroxylation sites is 2. The highest BCUT2D eigenvalue weighted by atomic mass is 16.5. The van der Waals surface area contributed by atoms with Crippen LogP contribution in [0.1, 0.15) is 107 Å². The Bertz CT molecular complexity index is 778. The molecule has 4 heteroatoms. The van der Waals surface area contributed by atoms with Gasteiger partial charge in [0.15, 0.2) is 0 Å². The molecule has 0 atom stereocenters. The van der Waals surface area contributed by atoms with E-state index in [2.05, 4.69) is 12.2 Å². The smallest absolute Gasteiger partial charge is 0.255 e. The van der Waals surface area contributed by atoms with Crippen molar-refractivity contribution in [1.29, 1.82) is 0 Å². The lowest BCUT2D eigenvalue weighted by atomic mass is 10.0. The van der Waals surface area contributed by atoms with Gasteiger partial charge in [-0.25, -0.2) is 0 Å². The Morgan fingerprint density at radius 3 is 1.77 bits per heavy atom. The maximum Gasteiger partial charge on any atom is 0.255 e. The molecule has 0 aliphatic heterocycles. The summed E-state index contributed by atoms with van der Waals surface area (Å²) in [6.45, 7) is 3.80. The van der Waals surface area contributed by atoms with Crippen LogP contribution in [0.3, 0.4) is 0 Å².